The van der Waals surface area contributed by atoms with Gasteiger partial charge in [-0.2, -0.15) is 0 Å². The van der Waals surface area contributed by atoms with Crippen molar-refractivity contribution in [3.63, 3.8) is 0 Å². The van der Waals surface area contributed by atoms with Crippen LogP contribution < -0.4 is 11.1 Å². The standard InChI is InChI=1S/C13H18N2O3/c1-8(14)6-7-12(16)15-11-5-3-4-10(9(11)2)13(17)18/h3-5,8H,6-7,14H2,1-2H3,(H,15,16)(H,17,18). The molecule has 1 amide bonds. The molecule has 1 rings (SSSR count). The molecular formula is C13H18N2O3. The van der Waals surface area contributed by atoms with E-state index >= 15 is 0 Å². The zero-order valence-corrected chi connectivity index (χ0v) is 10.6. The number of benzene rings is 1. The highest BCUT2D eigenvalue weighted by Crippen LogP contribution is 2.19. The van der Waals surface area contributed by atoms with Crippen LogP contribution in [0.3, 0.4) is 0 Å². The van der Waals surface area contributed by atoms with E-state index in [1.54, 1.807) is 19.1 Å². The maximum atomic E-state index is 11.6. The molecule has 4 N–H and O–H groups in total. The number of amides is 1. The minimum Gasteiger partial charge on any atom is -0.478 e. The Morgan fingerprint density at radius 3 is 2.67 bits per heavy atom. The number of carbonyl (C=O) groups excluding carboxylic acids is 1. The maximum Gasteiger partial charge on any atom is 0.336 e. The number of carboxylic acids is 1. The summed E-state index contributed by atoms with van der Waals surface area (Å²) in [6.45, 7) is 3.51. The molecule has 1 atom stereocenters. The van der Waals surface area contributed by atoms with Crippen molar-refractivity contribution in [3.05, 3.63) is 29.3 Å². The van der Waals surface area contributed by atoms with E-state index in [1.807, 2.05) is 6.92 Å². The SMILES string of the molecule is Cc1c(NC(=O)CCC(C)N)cccc1C(=O)O. The molecular weight excluding hydrogens is 232 g/mol. The quantitative estimate of drug-likeness (QED) is 0.742. The van der Waals surface area contributed by atoms with Gasteiger partial charge in [0.15, 0.2) is 0 Å². The zero-order valence-electron chi connectivity index (χ0n) is 10.6. The van der Waals surface area contributed by atoms with E-state index in [0.29, 0.717) is 24.1 Å². The van der Waals surface area contributed by atoms with Crippen molar-refractivity contribution in [2.75, 3.05) is 5.32 Å². The number of nitrogens with two attached hydrogens (primary N) is 1. The van der Waals surface area contributed by atoms with Crippen LogP contribution >= 0.6 is 0 Å². The molecule has 0 aromatic heterocycles. The first kappa shape index (κ1) is 14.2. The normalized spacial score (nSPS) is 11.9. The fraction of sp³-hybridized carbons (Fsp3) is 0.385. The summed E-state index contributed by atoms with van der Waals surface area (Å²) in [5, 5.41) is 11.7. The third-order valence-corrected chi connectivity index (χ3v) is 2.67. The Morgan fingerprint density at radius 2 is 2.11 bits per heavy atom. The van der Waals surface area contributed by atoms with Crippen LogP contribution in [0, 0.1) is 6.92 Å². The van der Waals surface area contributed by atoms with Crippen LogP contribution in [0.15, 0.2) is 18.2 Å². The van der Waals surface area contributed by atoms with Gasteiger partial charge in [0.2, 0.25) is 5.91 Å². The number of hydrogen-bond donors (Lipinski definition) is 3. The van der Waals surface area contributed by atoms with Gasteiger partial charge >= 0.3 is 5.97 Å². The van der Waals surface area contributed by atoms with Crippen molar-refractivity contribution in [2.24, 2.45) is 5.73 Å². The first-order chi connectivity index (χ1) is 8.41. The third kappa shape index (κ3) is 3.85. The predicted molar refractivity (Wildman–Crippen MR) is 69.7 cm³/mol. The van der Waals surface area contributed by atoms with Gasteiger partial charge in [0.05, 0.1) is 5.56 Å². The van der Waals surface area contributed by atoms with Crippen molar-refractivity contribution < 1.29 is 14.7 Å². The van der Waals surface area contributed by atoms with Crippen LogP contribution in [0.5, 0.6) is 0 Å². The Kier molecular flexibility index (Phi) is 4.85. The lowest BCUT2D eigenvalue weighted by Crippen LogP contribution is -2.20. The fourth-order valence-corrected chi connectivity index (χ4v) is 1.57. The molecule has 0 heterocycles. The van der Waals surface area contributed by atoms with Crippen LogP contribution in [0.25, 0.3) is 0 Å². The highest BCUT2D eigenvalue weighted by Gasteiger charge is 2.12. The van der Waals surface area contributed by atoms with Crippen molar-refractivity contribution >= 4 is 17.6 Å². The zero-order chi connectivity index (χ0) is 13.7. The van der Waals surface area contributed by atoms with E-state index in [4.69, 9.17) is 10.8 Å². The largest absolute Gasteiger partial charge is 0.478 e. The van der Waals surface area contributed by atoms with Crippen molar-refractivity contribution in [3.8, 4) is 0 Å². The fourth-order valence-electron chi connectivity index (χ4n) is 1.57. The number of aromatic carboxylic acids is 1. The Bertz CT molecular complexity index is 456. The summed E-state index contributed by atoms with van der Waals surface area (Å²) in [7, 11) is 0. The summed E-state index contributed by atoms with van der Waals surface area (Å²) in [4.78, 5) is 22.6. The van der Waals surface area contributed by atoms with Crippen LogP contribution in [-0.4, -0.2) is 23.0 Å². The summed E-state index contributed by atoms with van der Waals surface area (Å²) in [5.41, 5.74) is 6.85. The van der Waals surface area contributed by atoms with E-state index in [2.05, 4.69) is 5.32 Å². The molecule has 1 unspecified atom stereocenters. The van der Waals surface area contributed by atoms with E-state index < -0.39 is 5.97 Å². The number of anilines is 1. The molecule has 0 saturated carbocycles. The molecule has 1 aromatic rings. The van der Waals surface area contributed by atoms with Gasteiger partial charge < -0.3 is 16.2 Å². The number of carboxylic acid groups (broad SMARTS) is 1. The topological polar surface area (TPSA) is 92.4 Å². The lowest BCUT2D eigenvalue weighted by Gasteiger charge is -2.11. The molecule has 0 fully saturated rings. The van der Waals surface area contributed by atoms with Crippen LogP contribution in [0.4, 0.5) is 5.69 Å². The first-order valence-electron chi connectivity index (χ1n) is 5.80. The Balaban J connectivity index is 2.76. The minimum atomic E-state index is -1.00. The molecule has 5 nitrogen and oxygen atoms in total. The smallest absolute Gasteiger partial charge is 0.336 e. The third-order valence-electron chi connectivity index (χ3n) is 2.67. The highest BCUT2D eigenvalue weighted by atomic mass is 16.4. The molecule has 18 heavy (non-hydrogen) atoms. The van der Waals surface area contributed by atoms with Crippen LogP contribution in [-0.2, 0) is 4.79 Å². The van der Waals surface area contributed by atoms with Gasteiger partial charge in [-0.1, -0.05) is 6.07 Å². The highest BCUT2D eigenvalue weighted by molar-refractivity contribution is 5.96. The van der Waals surface area contributed by atoms with E-state index in [9.17, 15) is 9.59 Å². The molecule has 5 heteroatoms. The second kappa shape index (κ2) is 6.16. The number of rotatable bonds is 5. The molecule has 0 bridgehead atoms. The molecule has 0 aliphatic carbocycles. The van der Waals surface area contributed by atoms with Gasteiger partial charge in [-0.15, -0.1) is 0 Å². The van der Waals surface area contributed by atoms with Gasteiger partial charge in [0.1, 0.15) is 0 Å². The Morgan fingerprint density at radius 1 is 1.44 bits per heavy atom. The predicted octanol–water partition coefficient (Wildman–Crippen LogP) is 1.76. The average molecular weight is 250 g/mol. The van der Waals surface area contributed by atoms with Crippen molar-refractivity contribution in [1.82, 2.24) is 0 Å². The molecule has 98 valence electrons. The monoisotopic (exact) mass is 250 g/mol. The molecule has 1 aromatic carbocycles. The van der Waals surface area contributed by atoms with E-state index in [0.717, 1.165) is 0 Å². The van der Waals surface area contributed by atoms with Gasteiger partial charge in [0, 0.05) is 18.2 Å². The lowest BCUT2D eigenvalue weighted by molar-refractivity contribution is -0.116. The van der Waals surface area contributed by atoms with Gasteiger partial charge in [-0.25, -0.2) is 4.79 Å². The molecule has 0 aliphatic heterocycles. The summed E-state index contributed by atoms with van der Waals surface area (Å²) in [6.07, 6.45) is 0.928. The van der Waals surface area contributed by atoms with Gasteiger partial charge in [-0.3, -0.25) is 4.79 Å². The molecule has 0 spiro atoms. The first-order valence-corrected chi connectivity index (χ1v) is 5.80. The second-order valence-corrected chi connectivity index (χ2v) is 4.35. The lowest BCUT2D eigenvalue weighted by atomic mass is 10.1. The van der Waals surface area contributed by atoms with Crippen molar-refractivity contribution in [2.45, 2.75) is 32.7 Å². The second-order valence-electron chi connectivity index (χ2n) is 4.35. The van der Waals surface area contributed by atoms with E-state index in [1.165, 1.54) is 6.07 Å². The molecule has 0 saturated heterocycles. The number of carbonyl (C=O) groups is 2. The van der Waals surface area contributed by atoms with Gasteiger partial charge in [-0.05, 0) is 38.0 Å². The summed E-state index contributed by atoms with van der Waals surface area (Å²) in [6, 6.07) is 4.78. The molecule has 0 radical (unpaired) electrons. The Labute approximate surface area is 106 Å². The number of hydrogen-bond acceptors (Lipinski definition) is 3. The van der Waals surface area contributed by atoms with Crippen LogP contribution in [0.1, 0.15) is 35.7 Å². The Hall–Kier alpha value is -1.88. The summed E-state index contributed by atoms with van der Waals surface area (Å²) in [5.74, 6) is -1.16. The molecule has 0 aliphatic rings. The maximum absolute atomic E-state index is 11.6. The van der Waals surface area contributed by atoms with Crippen LogP contribution in [0.2, 0.25) is 0 Å². The van der Waals surface area contributed by atoms with Gasteiger partial charge in [0.25, 0.3) is 0 Å². The summed E-state index contributed by atoms with van der Waals surface area (Å²) < 4.78 is 0. The van der Waals surface area contributed by atoms with Crippen molar-refractivity contribution in [1.29, 1.82) is 0 Å². The summed E-state index contributed by atoms with van der Waals surface area (Å²) >= 11 is 0. The minimum absolute atomic E-state index is 0.0257. The number of nitrogens with one attached hydrogen (secondary N) is 1. The average Bonchev–Trinajstić information content (AvgIpc) is 2.29. The van der Waals surface area contributed by atoms with E-state index in [-0.39, 0.29) is 17.5 Å².